The van der Waals surface area contributed by atoms with Gasteiger partial charge in [-0.1, -0.05) is 17.7 Å². The number of benzene rings is 2. The zero-order chi connectivity index (χ0) is 23.4. The summed E-state index contributed by atoms with van der Waals surface area (Å²) >= 11 is 0. The van der Waals surface area contributed by atoms with Crippen molar-refractivity contribution in [3.8, 4) is 22.9 Å². The molecule has 1 aromatic heterocycles. The smallest absolute Gasteiger partial charge is 0.253 e. The molecule has 0 saturated carbocycles. The second kappa shape index (κ2) is 9.95. The number of aryl methyl sites for hydroxylation is 1. The van der Waals surface area contributed by atoms with E-state index in [1.54, 1.807) is 12.1 Å². The van der Waals surface area contributed by atoms with Crippen LogP contribution in [0.1, 0.15) is 29.8 Å². The molecule has 1 saturated heterocycles. The lowest BCUT2D eigenvalue weighted by molar-refractivity contribution is -0.123. The summed E-state index contributed by atoms with van der Waals surface area (Å²) in [5.74, 6) is 0.887. The minimum atomic E-state index is -0.0150. The Balaban J connectivity index is 1.35. The van der Waals surface area contributed by atoms with Gasteiger partial charge in [-0.05, 0) is 57.2 Å². The Morgan fingerprint density at radius 3 is 2.27 bits per heavy atom. The molecular formula is C25H29N5O3. The van der Waals surface area contributed by atoms with Crippen LogP contribution in [0.4, 0.5) is 0 Å². The van der Waals surface area contributed by atoms with Crippen molar-refractivity contribution in [3.05, 3.63) is 59.7 Å². The second-order valence-corrected chi connectivity index (χ2v) is 8.65. The van der Waals surface area contributed by atoms with Crippen LogP contribution in [0.2, 0.25) is 0 Å². The number of piperazine rings is 1. The first-order valence-electron chi connectivity index (χ1n) is 11.2. The van der Waals surface area contributed by atoms with Crippen molar-refractivity contribution >= 4 is 11.8 Å². The highest BCUT2D eigenvalue weighted by Gasteiger charge is 2.23. The molecule has 8 heteroatoms. The van der Waals surface area contributed by atoms with E-state index in [2.05, 4.69) is 20.4 Å². The minimum Gasteiger partial charge on any atom is -0.416 e. The van der Waals surface area contributed by atoms with Gasteiger partial charge in [-0.25, -0.2) is 0 Å². The minimum absolute atomic E-state index is 0.0150. The van der Waals surface area contributed by atoms with Crippen LogP contribution in [0.15, 0.2) is 52.9 Å². The monoisotopic (exact) mass is 447 g/mol. The summed E-state index contributed by atoms with van der Waals surface area (Å²) in [4.78, 5) is 28.8. The second-order valence-electron chi connectivity index (χ2n) is 8.65. The van der Waals surface area contributed by atoms with E-state index in [1.807, 2.05) is 62.1 Å². The molecule has 1 aliphatic heterocycles. The van der Waals surface area contributed by atoms with E-state index >= 15 is 0 Å². The van der Waals surface area contributed by atoms with Gasteiger partial charge in [0.15, 0.2) is 0 Å². The third-order valence-electron chi connectivity index (χ3n) is 5.55. The SMILES string of the molecule is Cc1cccc(-c2nnc(-c3ccc(C(=O)N4CCN(CC(=O)NC(C)C)CC4)cc3)o2)c1. The van der Waals surface area contributed by atoms with Crippen LogP contribution >= 0.6 is 0 Å². The van der Waals surface area contributed by atoms with E-state index < -0.39 is 0 Å². The topological polar surface area (TPSA) is 91.6 Å². The Bertz CT molecular complexity index is 1120. The molecular weight excluding hydrogens is 418 g/mol. The lowest BCUT2D eigenvalue weighted by Crippen LogP contribution is -2.51. The van der Waals surface area contributed by atoms with Gasteiger partial charge in [0.25, 0.3) is 5.91 Å². The molecule has 172 valence electrons. The predicted octanol–water partition coefficient (Wildman–Crippen LogP) is 2.99. The van der Waals surface area contributed by atoms with Crippen molar-refractivity contribution in [1.29, 1.82) is 0 Å². The summed E-state index contributed by atoms with van der Waals surface area (Å²) in [5, 5.41) is 11.2. The van der Waals surface area contributed by atoms with Crippen molar-refractivity contribution in [2.24, 2.45) is 0 Å². The molecule has 0 bridgehead atoms. The molecule has 4 rings (SSSR count). The van der Waals surface area contributed by atoms with Gasteiger partial charge in [-0.3, -0.25) is 14.5 Å². The number of carbonyl (C=O) groups excluding carboxylic acids is 2. The third kappa shape index (κ3) is 5.64. The van der Waals surface area contributed by atoms with Crippen LogP contribution in [0.5, 0.6) is 0 Å². The van der Waals surface area contributed by atoms with Gasteiger partial charge >= 0.3 is 0 Å². The highest BCUT2D eigenvalue weighted by Crippen LogP contribution is 2.25. The summed E-state index contributed by atoms with van der Waals surface area (Å²) in [6.07, 6.45) is 0. The molecule has 1 fully saturated rings. The van der Waals surface area contributed by atoms with E-state index in [0.29, 0.717) is 50.1 Å². The fourth-order valence-corrected chi connectivity index (χ4v) is 3.85. The number of nitrogens with one attached hydrogen (secondary N) is 1. The van der Waals surface area contributed by atoms with Crippen LogP contribution in [0.3, 0.4) is 0 Å². The quantitative estimate of drug-likeness (QED) is 0.625. The first-order valence-corrected chi connectivity index (χ1v) is 11.2. The maximum absolute atomic E-state index is 12.9. The summed E-state index contributed by atoms with van der Waals surface area (Å²) < 4.78 is 5.84. The fourth-order valence-electron chi connectivity index (χ4n) is 3.85. The Kier molecular flexibility index (Phi) is 6.84. The lowest BCUT2D eigenvalue weighted by atomic mass is 10.1. The average molecular weight is 448 g/mol. The highest BCUT2D eigenvalue weighted by molar-refractivity contribution is 5.94. The van der Waals surface area contributed by atoms with Gasteiger partial charge in [0.2, 0.25) is 17.7 Å². The molecule has 1 aliphatic rings. The molecule has 2 heterocycles. The summed E-state index contributed by atoms with van der Waals surface area (Å²) in [6, 6.07) is 15.3. The maximum atomic E-state index is 12.9. The van der Waals surface area contributed by atoms with E-state index in [9.17, 15) is 9.59 Å². The molecule has 0 atom stereocenters. The van der Waals surface area contributed by atoms with Crippen LogP contribution in [0, 0.1) is 6.92 Å². The Hall–Kier alpha value is -3.52. The Morgan fingerprint density at radius 2 is 1.64 bits per heavy atom. The molecule has 33 heavy (non-hydrogen) atoms. The summed E-state index contributed by atoms with van der Waals surface area (Å²) in [7, 11) is 0. The van der Waals surface area contributed by atoms with E-state index in [-0.39, 0.29) is 17.9 Å². The van der Waals surface area contributed by atoms with E-state index in [1.165, 1.54) is 0 Å². The number of aromatic nitrogens is 2. The number of carbonyl (C=O) groups is 2. The zero-order valence-electron chi connectivity index (χ0n) is 19.2. The van der Waals surface area contributed by atoms with Gasteiger partial charge < -0.3 is 14.6 Å². The van der Waals surface area contributed by atoms with Crippen molar-refractivity contribution in [3.63, 3.8) is 0 Å². The molecule has 2 aromatic carbocycles. The normalized spacial score (nSPS) is 14.5. The van der Waals surface area contributed by atoms with Crippen molar-refractivity contribution in [1.82, 2.24) is 25.3 Å². The standard InChI is InChI=1S/C25H29N5O3/c1-17(2)26-22(31)16-29-11-13-30(14-12-29)25(32)20-9-7-19(8-10-20)23-27-28-24(33-23)21-6-4-5-18(3)15-21/h4-10,15,17H,11-14,16H2,1-3H3,(H,26,31). The van der Waals surface area contributed by atoms with Gasteiger partial charge in [-0.15, -0.1) is 10.2 Å². The molecule has 2 amide bonds. The first kappa shape index (κ1) is 22.7. The maximum Gasteiger partial charge on any atom is 0.253 e. The van der Waals surface area contributed by atoms with Gasteiger partial charge in [0.05, 0.1) is 6.54 Å². The van der Waals surface area contributed by atoms with Gasteiger partial charge in [0.1, 0.15) is 0 Å². The van der Waals surface area contributed by atoms with Crippen LogP contribution in [0.25, 0.3) is 22.9 Å². The molecule has 0 spiro atoms. The third-order valence-corrected chi connectivity index (χ3v) is 5.55. The zero-order valence-corrected chi connectivity index (χ0v) is 19.2. The Morgan fingerprint density at radius 1 is 0.970 bits per heavy atom. The molecule has 8 nitrogen and oxygen atoms in total. The number of nitrogens with zero attached hydrogens (tertiary/aromatic N) is 4. The van der Waals surface area contributed by atoms with Crippen molar-refractivity contribution in [2.45, 2.75) is 26.8 Å². The van der Waals surface area contributed by atoms with Gasteiger partial charge in [-0.2, -0.15) is 0 Å². The Labute approximate surface area is 193 Å². The molecule has 1 N–H and O–H groups in total. The number of hydrogen-bond acceptors (Lipinski definition) is 6. The number of rotatable bonds is 6. The van der Waals surface area contributed by atoms with Gasteiger partial charge in [0, 0.05) is 48.9 Å². The number of amides is 2. The number of hydrogen-bond donors (Lipinski definition) is 1. The van der Waals surface area contributed by atoms with Crippen LogP contribution in [-0.2, 0) is 4.79 Å². The molecule has 0 radical (unpaired) electrons. The van der Waals surface area contributed by atoms with Crippen LogP contribution < -0.4 is 5.32 Å². The summed E-state index contributed by atoms with van der Waals surface area (Å²) in [6.45, 7) is 8.82. The molecule has 0 aliphatic carbocycles. The van der Waals surface area contributed by atoms with E-state index in [4.69, 9.17) is 4.42 Å². The average Bonchev–Trinajstić information content (AvgIpc) is 3.29. The lowest BCUT2D eigenvalue weighted by Gasteiger charge is -2.34. The largest absolute Gasteiger partial charge is 0.416 e. The highest BCUT2D eigenvalue weighted by atomic mass is 16.4. The predicted molar refractivity (Wildman–Crippen MR) is 126 cm³/mol. The van der Waals surface area contributed by atoms with E-state index in [0.717, 1.165) is 16.7 Å². The fraction of sp³-hybridized carbons (Fsp3) is 0.360. The first-order chi connectivity index (χ1) is 15.9. The molecule has 3 aromatic rings. The molecule has 0 unspecified atom stereocenters. The van der Waals surface area contributed by atoms with Crippen LogP contribution in [-0.4, -0.2) is 70.6 Å². The van der Waals surface area contributed by atoms with Crippen molar-refractivity contribution < 1.29 is 14.0 Å². The van der Waals surface area contributed by atoms with Crippen molar-refractivity contribution in [2.75, 3.05) is 32.7 Å². The summed E-state index contributed by atoms with van der Waals surface area (Å²) in [5.41, 5.74) is 3.37.